The molecule has 0 radical (unpaired) electrons. The van der Waals surface area contributed by atoms with Crippen molar-refractivity contribution in [3.05, 3.63) is 35.8 Å². The van der Waals surface area contributed by atoms with Crippen molar-refractivity contribution in [2.24, 2.45) is 0 Å². The van der Waals surface area contributed by atoms with Gasteiger partial charge in [0.15, 0.2) is 0 Å². The van der Waals surface area contributed by atoms with E-state index in [1.165, 1.54) is 0 Å². The highest BCUT2D eigenvalue weighted by Crippen LogP contribution is 2.11. The molecule has 0 bridgehead atoms. The zero-order chi connectivity index (χ0) is 14.4. The number of imidazole rings is 1. The molecule has 0 fully saturated rings. The van der Waals surface area contributed by atoms with Gasteiger partial charge in [-0.1, -0.05) is 13.8 Å². The molecule has 5 heteroatoms. The highest BCUT2D eigenvalue weighted by molar-refractivity contribution is 5.36. The smallest absolute Gasteiger partial charge is 0.129 e. The Balaban J connectivity index is 2.15. The molecule has 2 aromatic heterocycles. The minimum atomic E-state index is 0.747. The fourth-order valence-electron chi connectivity index (χ4n) is 2.18. The number of hydrogen-bond acceptors (Lipinski definition) is 4. The lowest BCUT2D eigenvalue weighted by Gasteiger charge is -2.09. The summed E-state index contributed by atoms with van der Waals surface area (Å²) >= 11 is 0. The molecule has 0 aliphatic heterocycles. The average molecular weight is 273 g/mol. The lowest BCUT2D eigenvalue weighted by Crippen LogP contribution is -2.08. The Morgan fingerprint density at radius 2 is 2.05 bits per heavy atom. The molecule has 0 saturated carbocycles. The second kappa shape index (κ2) is 7.03. The first-order valence-electron chi connectivity index (χ1n) is 7.31. The van der Waals surface area contributed by atoms with Gasteiger partial charge in [0, 0.05) is 38.0 Å². The Kier molecular flexibility index (Phi) is 5.09. The van der Waals surface area contributed by atoms with Gasteiger partial charge in [0.05, 0.1) is 5.69 Å². The molecule has 108 valence electrons. The van der Waals surface area contributed by atoms with E-state index in [1.54, 1.807) is 0 Å². The fourth-order valence-corrected chi connectivity index (χ4v) is 2.18. The van der Waals surface area contributed by atoms with Crippen LogP contribution in [0.3, 0.4) is 0 Å². The van der Waals surface area contributed by atoms with E-state index in [-0.39, 0.29) is 0 Å². The minimum Gasteiger partial charge on any atom is -0.370 e. The molecule has 0 atom stereocenters. The summed E-state index contributed by atoms with van der Waals surface area (Å²) in [6.07, 6.45) is 6.82. The Bertz CT molecular complexity index is 547. The number of nitrogens with zero attached hydrogens (tertiary/aromatic N) is 4. The molecule has 2 aromatic rings. The molecular formula is C15H23N5. The largest absolute Gasteiger partial charge is 0.370 e. The molecule has 0 saturated heterocycles. The van der Waals surface area contributed by atoms with Crippen LogP contribution in [0.15, 0.2) is 18.5 Å². The Hall–Kier alpha value is -1.91. The van der Waals surface area contributed by atoms with Crippen molar-refractivity contribution in [3.8, 4) is 0 Å². The maximum absolute atomic E-state index is 4.51. The number of nitrogens with one attached hydrogen (secondary N) is 1. The first kappa shape index (κ1) is 14.5. The molecule has 20 heavy (non-hydrogen) atoms. The van der Waals surface area contributed by atoms with Crippen molar-refractivity contribution in [3.63, 3.8) is 0 Å². The number of hydrogen-bond donors (Lipinski definition) is 1. The fraction of sp³-hybridized carbons (Fsp3) is 0.533. The van der Waals surface area contributed by atoms with Crippen LogP contribution in [0.2, 0.25) is 0 Å². The van der Waals surface area contributed by atoms with E-state index in [0.717, 1.165) is 55.5 Å². The number of rotatable bonds is 7. The summed E-state index contributed by atoms with van der Waals surface area (Å²) < 4.78 is 2.19. The molecule has 0 aromatic carbocycles. The zero-order valence-corrected chi connectivity index (χ0v) is 12.6. The Morgan fingerprint density at radius 1 is 1.20 bits per heavy atom. The quantitative estimate of drug-likeness (QED) is 0.843. The SMILES string of the molecule is CCCNc1cc(Cc2nccn2CCC)nc(C)n1. The molecule has 2 heterocycles. The summed E-state index contributed by atoms with van der Waals surface area (Å²) in [5, 5.41) is 3.32. The van der Waals surface area contributed by atoms with E-state index in [9.17, 15) is 0 Å². The van der Waals surface area contributed by atoms with Crippen molar-refractivity contribution < 1.29 is 0 Å². The van der Waals surface area contributed by atoms with Crippen molar-refractivity contribution in [2.75, 3.05) is 11.9 Å². The predicted molar refractivity (Wildman–Crippen MR) is 80.9 cm³/mol. The van der Waals surface area contributed by atoms with Gasteiger partial charge >= 0.3 is 0 Å². The van der Waals surface area contributed by atoms with Crippen molar-refractivity contribution >= 4 is 5.82 Å². The van der Waals surface area contributed by atoms with Gasteiger partial charge in [-0.05, 0) is 19.8 Å². The van der Waals surface area contributed by atoms with E-state index < -0.39 is 0 Å². The summed E-state index contributed by atoms with van der Waals surface area (Å²) in [6.45, 7) is 8.18. The summed E-state index contributed by atoms with van der Waals surface area (Å²) in [4.78, 5) is 13.4. The van der Waals surface area contributed by atoms with Crippen molar-refractivity contribution in [1.29, 1.82) is 0 Å². The molecular weight excluding hydrogens is 250 g/mol. The third kappa shape index (κ3) is 3.79. The van der Waals surface area contributed by atoms with Crippen LogP contribution < -0.4 is 5.32 Å². The maximum Gasteiger partial charge on any atom is 0.129 e. The minimum absolute atomic E-state index is 0.747. The lowest BCUT2D eigenvalue weighted by atomic mass is 10.2. The maximum atomic E-state index is 4.51. The van der Waals surface area contributed by atoms with Crippen molar-refractivity contribution in [1.82, 2.24) is 19.5 Å². The van der Waals surface area contributed by atoms with Crippen molar-refractivity contribution in [2.45, 2.75) is 46.6 Å². The van der Waals surface area contributed by atoms with E-state index in [1.807, 2.05) is 25.4 Å². The van der Waals surface area contributed by atoms with Crippen LogP contribution in [-0.4, -0.2) is 26.1 Å². The third-order valence-corrected chi connectivity index (χ3v) is 3.05. The van der Waals surface area contributed by atoms with Gasteiger partial charge in [-0.2, -0.15) is 0 Å². The molecule has 0 spiro atoms. The van der Waals surface area contributed by atoms with Gasteiger partial charge in [0.1, 0.15) is 17.5 Å². The molecule has 0 aliphatic carbocycles. The summed E-state index contributed by atoms with van der Waals surface area (Å²) in [7, 11) is 0. The topological polar surface area (TPSA) is 55.6 Å². The van der Waals surface area contributed by atoms with Crippen LogP contribution in [0.1, 0.15) is 44.0 Å². The van der Waals surface area contributed by atoms with Gasteiger partial charge in [-0.3, -0.25) is 0 Å². The van der Waals surface area contributed by atoms with Gasteiger partial charge in [0.2, 0.25) is 0 Å². The second-order valence-electron chi connectivity index (χ2n) is 4.93. The lowest BCUT2D eigenvalue weighted by molar-refractivity contribution is 0.644. The van der Waals surface area contributed by atoms with E-state index in [0.29, 0.717) is 0 Å². The van der Waals surface area contributed by atoms with E-state index >= 15 is 0 Å². The highest BCUT2D eigenvalue weighted by Gasteiger charge is 2.07. The van der Waals surface area contributed by atoms with Gasteiger partial charge < -0.3 is 9.88 Å². The predicted octanol–water partition coefficient (Wildman–Crippen LogP) is 2.80. The number of aromatic nitrogens is 4. The normalized spacial score (nSPS) is 10.8. The van der Waals surface area contributed by atoms with E-state index in [4.69, 9.17) is 0 Å². The van der Waals surface area contributed by atoms with Crippen LogP contribution in [0.5, 0.6) is 0 Å². The van der Waals surface area contributed by atoms with Crippen LogP contribution in [0, 0.1) is 6.92 Å². The first-order chi connectivity index (χ1) is 9.72. The monoisotopic (exact) mass is 273 g/mol. The van der Waals surface area contributed by atoms with Gasteiger partial charge in [-0.15, -0.1) is 0 Å². The number of anilines is 1. The molecule has 5 nitrogen and oxygen atoms in total. The van der Waals surface area contributed by atoms with Crippen LogP contribution in [0.25, 0.3) is 0 Å². The molecule has 1 N–H and O–H groups in total. The van der Waals surface area contributed by atoms with E-state index in [2.05, 4.69) is 38.7 Å². The van der Waals surface area contributed by atoms with Crippen LogP contribution in [0.4, 0.5) is 5.82 Å². The standard InChI is InChI=1S/C15H23N5/c1-4-6-16-14-10-13(18-12(3)19-14)11-15-17-7-9-20(15)8-5-2/h7,9-10H,4-6,8,11H2,1-3H3,(H,16,18,19). The summed E-state index contributed by atoms with van der Waals surface area (Å²) in [6, 6.07) is 2.02. The average Bonchev–Trinajstić information content (AvgIpc) is 2.84. The second-order valence-corrected chi connectivity index (χ2v) is 4.93. The Morgan fingerprint density at radius 3 is 2.80 bits per heavy atom. The number of aryl methyl sites for hydroxylation is 2. The van der Waals surface area contributed by atoms with Crippen LogP contribution >= 0.6 is 0 Å². The molecule has 0 amide bonds. The summed E-state index contributed by atoms with van der Waals surface area (Å²) in [5.74, 6) is 2.77. The third-order valence-electron chi connectivity index (χ3n) is 3.05. The molecule has 2 rings (SSSR count). The first-order valence-corrected chi connectivity index (χ1v) is 7.31. The Labute approximate surface area is 120 Å². The highest BCUT2D eigenvalue weighted by atomic mass is 15.1. The molecule has 0 unspecified atom stereocenters. The molecule has 0 aliphatic rings. The van der Waals surface area contributed by atoms with Crippen LogP contribution in [-0.2, 0) is 13.0 Å². The van der Waals surface area contributed by atoms with Gasteiger partial charge in [0.25, 0.3) is 0 Å². The van der Waals surface area contributed by atoms with Gasteiger partial charge in [-0.25, -0.2) is 15.0 Å². The summed E-state index contributed by atoms with van der Waals surface area (Å²) in [5.41, 5.74) is 1.01. The zero-order valence-electron chi connectivity index (χ0n) is 12.6.